The Morgan fingerprint density at radius 2 is 2.19 bits per heavy atom. The average Bonchev–Trinajstić information content (AvgIpc) is 2.52. The summed E-state index contributed by atoms with van der Waals surface area (Å²) in [5, 5.41) is 12.0. The number of ether oxygens (including phenoxy) is 1. The second kappa shape index (κ2) is 6.99. The van der Waals surface area contributed by atoms with Crippen LogP contribution in [0.4, 0.5) is 0 Å². The van der Waals surface area contributed by atoms with Crippen LogP contribution >= 0.6 is 0 Å². The highest BCUT2D eigenvalue weighted by Crippen LogP contribution is 2.30. The first-order valence-corrected chi connectivity index (χ1v) is 6.79. The van der Waals surface area contributed by atoms with Crippen molar-refractivity contribution in [3.05, 3.63) is 36.2 Å². The van der Waals surface area contributed by atoms with Gasteiger partial charge < -0.3 is 15.2 Å². The molecule has 1 aromatic rings. The Morgan fingerprint density at radius 3 is 2.81 bits per heavy atom. The van der Waals surface area contributed by atoms with Gasteiger partial charge in [0.25, 0.3) is 0 Å². The molecule has 0 unspecified atom stereocenters. The van der Waals surface area contributed by atoms with Crippen LogP contribution in [0.2, 0.25) is 0 Å². The summed E-state index contributed by atoms with van der Waals surface area (Å²) in [5.74, 6) is -1.20. The maximum Gasteiger partial charge on any atom is 0.311 e. The van der Waals surface area contributed by atoms with E-state index in [1.54, 1.807) is 24.5 Å². The highest BCUT2D eigenvalue weighted by atomic mass is 16.5. The van der Waals surface area contributed by atoms with Crippen LogP contribution in [0, 0.1) is 5.41 Å². The number of carbonyl (C=O) groups is 2. The van der Waals surface area contributed by atoms with Gasteiger partial charge in [-0.05, 0) is 30.5 Å². The minimum absolute atomic E-state index is 0.113. The summed E-state index contributed by atoms with van der Waals surface area (Å²) in [6.07, 6.45) is 7.13. The molecule has 21 heavy (non-hydrogen) atoms. The average molecular weight is 290 g/mol. The fraction of sp³-hybridized carbons (Fsp3) is 0.400. The molecule has 1 fully saturated rings. The number of amides is 1. The number of aliphatic carboxylic acids is 1. The van der Waals surface area contributed by atoms with E-state index in [9.17, 15) is 14.7 Å². The van der Waals surface area contributed by atoms with Gasteiger partial charge >= 0.3 is 5.97 Å². The molecule has 1 saturated heterocycles. The van der Waals surface area contributed by atoms with E-state index in [0.717, 1.165) is 5.56 Å². The van der Waals surface area contributed by atoms with Gasteiger partial charge in [0.2, 0.25) is 5.91 Å². The van der Waals surface area contributed by atoms with E-state index in [-0.39, 0.29) is 12.5 Å². The molecule has 112 valence electrons. The van der Waals surface area contributed by atoms with Crippen molar-refractivity contribution in [1.82, 2.24) is 10.3 Å². The Hall–Kier alpha value is -2.21. The van der Waals surface area contributed by atoms with Crippen LogP contribution in [0.15, 0.2) is 30.6 Å². The number of nitrogens with zero attached hydrogens (tertiary/aromatic N) is 1. The second-order valence-electron chi connectivity index (χ2n) is 5.04. The SMILES string of the molecule is O=C(/C=C/c1cccnc1)NCC1(C(=O)O)CCOCC1. The third-order valence-corrected chi connectivity index (χ3v) is 3.62. The Balaban J connectivity index is 1.90. The van der Waals surface area contributed by atoms with Gasteiger partial charge in [-0.2, -0.15) is 0 Å². The molecule has 1 amide bonds. The fourth-order valence-corrected chi connectivity index (χ4v) is 2.19. The molecule has 1 aliphatic heterocycles. The van der Waals surface area contributed by atoms with Crippen molar-refractivity contribution >= 4 is 18.0 Å². The third-order valence-electron chi connectivity index (χ3n) is 3.62. The van der Waals surface area contributed by atoms with E-state index in [2.05, 4.69) is 10.3 Å². The highest BCUT2D eigenvalue weighted by molar-refractivity contribution is 5.92. The van der Waals surface area contributed by atoms with Crippen molar-refractivity contribution in [3.8, 4) is 0 Å². The molecule has 6 nitrogen and oxygen atoms in total. The molecule has 0 spiro atoms. The monoisotopic (exact) mass is 290 g/mol. The Bertz CT molecular complexity index is 522. The van der Waals surface area contributed by atoms with Gasteiger partial charge in [0, 0.05) is 38.2 Å². The maximum absolute atomic E-state index is 11.8. The van der Waals surface area contributed by atoms with Crippen LogP contribution in [-0.2, 0) is 14.3 Å². The first-order chi connectivity index (χ1) is 10.1. The quantitative estimate of drug-likeness (QED) is 0.793. The summed E-state index contributed by atoms with van der Waals surface area (Å²) in [6, 6.07) is 3.60. The molecule has 0 saturated carbocycles. The minimum atomic E-state index is -0.921. The zero-order valence-corrected chi connectivity index (χ0v) is 11.6. The molecule has 2 rings (SSSR count). The Kier molecular flexibility index (Phi) is 5.05. The van der Waals surface area contributed by atoms with E-state index in [4.69, 9.17) is 4.74 Å². The van der Waals surface area contributed by atoms with Crippen molar-refractivity contribution in [1.29, 1.82) is 0 Å². The van der Waals surface area contributed by atoms with E-state index < -0.39 is 11.4 Å². The molecule has 2 N–H and O–H groups in total. The smallest absolute Gasteiger partial charge is 0.311 e. The molecule has 1 aliphatic rings. The number of nitrogens with one attached hydrogen (secondary N) is 1. The van der Waals surface area contributed by atoms with Gasteiger partial charge in [-0.1, -0.05) is 6.07 Å². The highest BCUT2D eigenvalue weighted by Gasteiger charge is 2.40. The summed E-state index contributed by atoms with van der Waals surface area (Å²) in [6.45, 7) is 0.934. The fourth-order valence-electron chi connectivity index (χ4n) is 2.19. The molecule has 6 heteroatoms. The largest absolute Gasteiger partial charge is 0.481 e. The second-order valence-corrected chi connectivity index (χ2v) is 5.04. The lowest BCUT2D eigenvalue weighted by Crippen LogP contribution is -2.46. The van der Waals surface area contributed by atoms with Crippen LogP contribution in [0.3, 0.4) is 0 Å². The van der Waals surface area contributed by atoms with Gasteiger partial charge in [0.1, 0.15) is 0 Å². The molecule has 0 bridgehead atoms. The first-order valence-electron chi connectivity index (χ1n) is 6.79. The van der Waals surface area contributed by atoms with Crippen LogP contribution in [0.5, 0.6) is 0 Å². The minimum Gasteiger partial charge on any atom is -0.481 e. The Labute approximate surface area is 122 Å². The van der Waals surface area contributed by atoms with Crippen molar-refractivity contribution in [3.63, 3.8) is 0 Å². The standard InChI is InChI=1S/C15H18N2O4/c18-13(4-3-12-2-1-7-16-10-12)17-11-15(14(19)20)5-8-21-9-6-15/h1-4,7,10H,5-6,8-9,11H2,(H,17,18)(H,19,20)/b4-3+. The lowest BCUT2D eigenvalue weighted by molar-refractivity contribution is -0.154. The summed E-state index contributed by atoms with van der Waals surface area (Å²) in [4.78, 5) is 27.2. The molecule has 2 heterocycles. The van der Waals surface area contributed by atoms with Crippen LogP contribution < -0.4 is 5.32 Å². The number of aromatic nitrogens is 1. The Morgan fingerprint density at radius 1 is 1.43 bits per heavy atom. The van der Waals surface area contributed by atoms with E-state index in [1.807, 2.05) is 6.07 Å². The maximum atomic E-state index is 11.8. The van der Waals surface area contributed by atoms with Crippen molar-refractivity contribution in [2.24, 2.45) is 5.41 Å². The summed E-state index contributed by atoms with van der Waals surface area (Å²) in [7, 11) is 0. The predicted molar refractivity (Wildman–Crippen MR) is 76.4 cm³/mol. The van der Waals surface area contributed by atoms with Crippen LogP contribution in [0.1, 0.15) is 18.4 Å². The normalized spacial score (nSPS) is 17.5. The number of carboxylic acid groups (broad SMARTS) is 1. The summed E-state index contributed by atoms with van der Waals surface area (Å²) >= 11 is 0. The molecule has 0 aliphatic carbocycles. The first kappa shape index (κ1) is 15.2. The molecular formula is C15H18N2O4. The third kappa shape index (κ3) is 4.13. The number of hydrogen-bond acceptors (Lipinski definition) is 4. The number of carbonyl (C=O) groups excluding carboxylic acids is 1. The summed E-state index contributed by atoms with van der Waals surface area (Å²) < 4.78 is 5.19. The van der Waals surface area contributed by atoms with Crippen molar-refractivity contribution < 1.29 is 19.4 Å². The molecular weight excluding hydrogens is 272 g/mol. The summed E-state index contributed by atoms with van der Waals surface area (Å²) in [5.41, 5.74) is -0.109. The van der Waals surface area contributed by atoms with Gasteiger partial charge in [0.05, 0.1) is 5.41 Å². The molecule has 0 radical (unpaired) electrons. The number of pyridine rings is 1. The van der Waals surface area contributed by atoms with E-state index in [0.29, 0.717) is 26.1 Å². The number of rotatable bonds is 5. The van der Waals surface area contributed by atoms with Gasteiger partial charge in [0.15, 0.2) is 0 Å². The topological polar surface area (TPSA) is 88.5 Å². The molecule has 0 aromatic carbocycles. The van der Waals surface area contributed by atoms with E-state index >= 15 is 0 Å². The zero-order chi connectivity index (χ0) is 15.1. The van der Waals surface area contributed by atoms with Gasteiger partial charge in [-0.25, -0.2) is 0 Å². The van der Waals surface area contributed by atoms with Gasteiger partial charge in [-0.3, -0.25) is 14.6 Å². The lowest BCUT2D eigenvalue weighted by atomic mass is 9.80. The lowest BCUT2D eigenvalue weighted by Gasteiger charge is -2.32. The van der Waals surface area contributed by atoms with E-state index in [1.165, 1.54) is 6.08 Å². The van der Waals surface area contributed by atoms with Crippen molar-refractivity contribution in [2.75, 3.05) is 19.8 Å². The van der Waals surface area contributed by atoms with Crippen LogP contribution in [-0.4, -0.2) is 41.7 Å². The van der Waals surface area contributed by atoms with Crippen molar-refractivity contribution in [2.45, 2.75) is 12.8 Å². The number of hydrogen-bond donors (Lipinski definition) is 2. The molecule has 1 aromatic heterocycles. The molecule has 0 atom stereocenters. The van der Waals surface area contributed by atoms with Gasteiger partial charge in [-0.15, -0.1) is 0 Å². The number of carboxylic acids is 1. The zero-order valence-electron chi connectivity index (χ0n) is 11.6. The predicted octanol–water partition coefficient (Wildman–Crippen LogP) is 1.09. The van der Waals surface area contributed by atoms with Crippen LogP contribution in [0.25, 0.3) is 6.08 Å².